The Bertz CT molecular complexity index is 1370. The van der Waals surface area contributed by atoms with Gasteiger partial charge in [-0.15, -0.1) is 0 Å². The molecule has 1 aromatic heterocycles. The summed E-state index contributed by atoms with van der Waals surface area (Å²) in [6.07, 6.45) is 2.39. The third-order valence-electron chi connectivity index (χ3n) is 6.30. The number of nitrogens with zero attached hydrogens (tertiary/aromatic N) is 1. The Labute approximate surface area is 192 Å². The minimum absolute atomic E-state index is 0.121. The molecule has 0 radical (unpaired) electrons. The molecule has 2 heterocycles. The quantitative estimate of drug-likeness (QED) is 0.459. The first-order valence-corrected chi connectivity index (χ1v) is 11.4. The zero-order valence-electron chi connectivity index (χ0n) is 18.6. The largest absolute Gasteiger partial charge is 0.455 e. The molecule has 166 valence electrons. The van der Waals surface area contributed by atoms with Crippen LogP contribution in [-0.4, -0.2) is 19.0 Å². The van der Waals surface area contributed by atoms with E-state index in [9.17, 15) is 9.59 Å². The number of hydrogen-bond donors (Lipinski definition) is 1. The van der Waals surface area contributed by atoms with Crippen LogP contribution in [-0.2, 0) is 6.54 Å². The van der Waals surface area contributed by atoms with Gasteiger partial charge < -0.3 is 14.6 Å². The number of carbonyl (C=O) groups is 1. The molecule has 1 N–H and O–H groups in total. The van der Waals surface area contributed by atoms with E-state index in [-0.39, 0.29) is 11.3 Å². The molecule has 5 rings (SSSR count). The number of hydrogen-bond acceptors (Lipinski definition) is 4. The maximum Gasteiger partial charge on any atom is 0.255 e. The zero-order valence-corrected chi connectivity index (χ0v) is 18.6. The SMILES string of the molecule is Cc1c(-c2ccccc2)oc2c(C(=O)NCc3ccccc3N3CCCC3)cccc2c1=O. The van der Waals surface area contributed by atoms with Crippen LogP contribution in [0.4, 0.5) is 5.69 Å². The summed E-state index contributed by atoms with van der Waals surface area (Å²) in [6.45, 7) is 4.25. The Morgan fingerprint density at radius 2 is 1.67 bits per heavy atom. The van der Waals surface area contributed by atoms with Crippen LogP contribution in [0.1, 0.15) is 34.3 Å². The zero-order chi connectivity index (χ0) is 22.8. The number of amides is 1. The maximum absolute atomic E-state index is 13.2. The second-order valence-electron chi connectivity index (χ2n) is 8.44. The van der Waals surface area contributed by atoms with Gasteiger partial charge in [-0.2, -0.15) is 0 Å². The molecule has 0 aliphatic carbocycles. The summed E-state index contributed by atoms with van der Waals surface area (Å²) in [5, 5.41) is 3.45. The van der Waals surface area contributed by atoms with Crippen molar-refractivity contribution in [3.05, 3.63) is 99.7 Å². The van der Waals surface area contributed by atoms with Crippen molar-refractivity contribution in [2.24, 2.45) is 0 Å². The Hall–Kier alpha value is -3.86. The van der Waals surface area contributed by atoms with Crippen molar-refractivity contribution in [3.63, 3.8) is 0 Å². The first-order valence-electron chi connectivity index (χ1n) is 11.4. The van der Waals surface area contributed by atoms with Crippen molar-refractivity contribution in [3.8, 4) is 11.3 Å². The van der Waals surface area contributed by atoms with Crippen molar-refractivity contribution in [2.45, 2.75) is 26.3 Å². The molecule has 5 nitrogen and oxygen atoms in total. The lowest BCUT2D eigenvalue weighted by molar-refractivity contribution is 0.0951. The molecule has 4 aromatic rings. The highest BCUT2D eigenvalue weighted by Gasteiger charge is 2.19. The summed E-state index contributed by atoms with van der Waals surface area (Å²) < 4.78 is 6.20. The van der Waals surface area contributed by atoms with E-state index in [1.54, 1.807) is 25.1 Å². The van der Waals surface area contributed by atoms with Gasteiger partial charge in [0.25, 0.3) is 5.91 Å². The van der Waals surface area contributed by atoms with Crippen molar-refractivity contribution < 1.29 is 9.21 Å². The van der Waals surface area contributed by atoms with Crippen LogP contribution >= 0.6 is 0 Å². The molecular formula is C28H26N2O3. The van der Waals surface area contributed by atoms with E-state index < -0.39 is 0 Å². The molecule has 33 heavy (non-hydrogen) atoms. The van der Waals surface area contributed by atoms with Crippen LogP contribution in [0.5, 0.6) is 0 Å². The summed E-state index contributed by atoms with van der Waals surface area (Å²) in [5.41, 5.74) is 4.15. The normalized spacial score (nSPS) is 13.4. The summed E-state index contributed by atoms with van der Waals surface area (Å²) in [5.74, 6) is 0.232. The van der Waals surface area contributed by atoms with Gasteiger partial charge in [-0.25, -0.2) is 0 Å². The van der Waals surface area contributed by atoms with E-state index in [0.29, 0.717) is 34.4 Å². The Balaban J connectivity index is 1.49. The smallest absolute Gasteiger partial charge is 0.255 e. The molecular weight excluding hydrogens is 412 g/mol. The fourth-order valence-electron chi connectivity index (χ4n) is 4.55. The second kappa shape index (κ2) is 8.94. The first kappa shape index (κ1) is 21.0. The number of para-hydroxylation sites is 2. The third-order valence-corrected chi connectivity index (χ3v) is 6.30. The second-order valence-corrected chi connectivity index (χ2v) is 8.44. The highest BCUT2D eigenvalue weighted by molar-refractivity contribution is 6.05. The van der Waals surface area contributed by atoms with E-state index in [1.165, 1.54) is 18.5 Å². The number of benzene rings is 3. The molecule has 3 aromatic carbocycles. The van der Waals surface area contributed by atoms with Gasteiger partial charge in [0.15, 0.2) is 11.0 Å². The summed E-state index contributed by atoms with van der Waals surface area (Å²) >= 11 is 0. The summed E-state index contributed by atoms with van der Waals surface area (Å²) in [7, 11) is 0. The van der Waals surface area contributed by atoms with Gasteiger partial charge in [0.1, 0.15) is 5.76 Å². The lowest BCUT2D eigenvalue weighted by Gasteiger charge is -2.21. The molecule has 0 bridgehead atoms. The van der Waals surface area contributed by atoms with Gasteiger partial charge in [-0.1, -0.05) is 54.6 Å². The van der Waals surface area contributed by atoms with E-state index in [0.717, 1.165) is 24.2 Å². The van der Waals surface area contributed by atoms with Crippen molar-refractivity contribution >= 4 is 22.6 Å². The average molecular weight is 439 g/mol. The Kier molecular flexibility index (Phi) is 5.69. The minimum Gasteiger partial charge on any atom is -0.455 e. The highest BCUT2D eigenvalue weighted by atomic mass is 16.3. The summed E-state index contributed by atoms with van der Waals surface area (Å²) in [6, 6.07) is 22.8. The minimum atomic E-state index is -0.261. The topological polar surface area (TPSA) is 62.6 Å². The lowest BCUT2D eigenvalue weighted by Crippen LogP contribution is -2.26. The van der Waals surface area contributed by atoms with Gasteiger partial charge in [0, 0.05) is 36.4 Å². The predicted molar refractivity (Wildman–Crippen MR) is 132 cm³/mol. The van der Waals surface area contributed by atoms with Crippen LogP contribution in [0, 0.1) is 6.92 Å². The van der Waals surface area contributed by atoms with Gasteiger partial charge >= 0.3 is 0 Å². The number of nitrogens with one attached hydrogen (secondary N) is 1. The fraction of sp³-hybridized carbons (Fsp3) is 0.214. The van der Waals surface area contributed by atoms with Gasteiger partial charge in [-0.3, -0.25) is 9.59 Å². The molecule has 0 atom stereocenters. The molecule has 0 saturated carbocycles. The molecule has 1 amide bonds. The first-order chi connectivity index (χ1) is 16.1. The molecule has 5 heteroatoms. The molecule has 1 aliphatic rings. The number of carbonyl (C=O) groups excluding carboxylic acids is 1. The van der Waals surface area contributed by atoms with Crippen LogP contribution in [0.15, 0.2) is 82.0 Å². The van der Waals surface area contributed by atoms with Crippen molar-refractivity contribution in [1.82, 2.24) is 5.32 Å². The average Bonchev–Trinajstić information content (AvgIpc) is 3.40. The molecule has 0 unspecified atom stereocenters. The van der Waals surface area contributed by atoms with E-state index in [2.05, 4.69) is 16.3 Å². The number of fused-ring (bicyclic) bond motifs is 1. The Morgan fingerprint density at radius 3 is 2.45 bits per heavy atom. The molecule has 1 aliphatic heterocycles. The third kappa shape index (κ3) is 4.02. The number of rotatable bonds is 5. The predicted octanol–water partition coefficient (Wildman–Crippen LogP) is 5.30. The summed E-state index contributed by atoms with van der Waals surface area (Å²) in [4.78, 5) is 28.7. The standard InChI is InChI=1S/C28H26N2O3/c1-19-25(31)22-13-9-14-23(27(22)33-26(19)20-10-3-2-4-11-20)28(32)29-18-21-12-5-6-15-24(21)30-16-7-8-17-30/h2-6,9-15H,7-8,16-18H2,1H3,(H,29,32). The highest BCUT2D eigenvalue weighted by Crippen LogP contribution is 2.28. The van der Waals surface area contributed by atoms with Gasteiger partial charge in [-0.05, 0) is 43.5 Å². The monoisotopic (exact) mass is 438 g/mol. The fourth-order valence-corrected chi connectivity index (χ4v) is 4.55. The molecule has 0 spiro atoms. The van der Waals surface area contributed by atoms with Crippen LogP contribution in [0.2, 0.25) is 0 Å². The van der Waals surface area contributed by atoms with Gasteiger partial charge in [0.2, 0.25) is 0 Å². The molecule has 1 saturated heterocycles. The van der Waals surface area contributed by atoms with Crippen molar-refractivity contribution in [2.75, 3.05) is 18.0 Å². The Morgan fingerprint density at radius 1 is 0.939 bits per heavy atom. The van der Waals surface area contributed by atoms with Crippen LogP contribution in [0.25, 0.3) is 22.3 Å². The van der Waals surface area contributed by atoms with E-state index in [4.69, 9.17) is 4.42 Å². The number of anilines is 1. The maximum atomic E-state index is 13.2. The lowest BCUT2D eigenvalue weighted by atomic mass is 10.0. The molecule has 1 fully saturated rings. The van der Waals surface area contributed by atoms with Crippen LogP contribution < -0.4 is 15.6 Å². The van der Waals surface area contributed by atoms with Crippen molar-refractivity contribution in [1.29, 1.82) is 0 Å². The van der Waals surface area contributed by atoms with E-state index >= 15 is 0 Å². The van der Waals surface area contributed by atoms with Crippen LogP contribution in [0.3, 0.4) is 0 Å². The van der Waals surface area contributed by atoms with E-state index in [1.807, 2.05) is 48.5 Å². The van der Waals surface area contributed by atoms with Gasteiger partial charge in [0.05, 0.1) is 10.9 Å².